The molecule has 0 aliphatic heterocycles. The van der Waals surface area contributed by atoms with Gasteiger partial charge in [-0.15, -0.1) is 11.3 Å². The molecule has 0 atom stereocenters. The van der Waals surface area contributed by atoms with E-state index in [2.05, 4.69) is 15.4 Å². The molecule has 2 heterocycles. The summed E-state index contributed by atoms with van der Waals surface area (Å²) in [7, 11) is 0. The molecule has 19 heavy (non-hydrogen) atoms. The van der Waals surface area contributed by atoms with Crippen molar-refractivity contribution in [2.24, 2.45) is 5.84 Å². The number of pyridine rings is 1. The standard InChI is InChI=1S/C11H12Cl2N4OS/c1-6-9(19-5-15-6)2-3-18-11-8(13)4-7(12)10(16-11)17-14/h4-5H,2-3,14H2,1H3,(H,16,17). The normalized spacial score (nSPS) is 10.5. The number of halogens is 2. The van der Waals surface area contributed by atoms with Gasteiger partial charge in [0.15, 0.2) is 5.82 Å². The number of hydrazine groups is 1. The number of hydrogen-bond acceptors (Lipinski definition) is 6. The van der Waals surface area contributed by atoms with Gasteiger partial charge in [0.25, 0.3) is 0 Å². The highest BCUT2D eigenvalue weighted by molar-refractivity contribution is 7.09. The molecular weight excluding hydrogens is 307 g/mol. The van der Waals surface area contributed by atoms with E-state index in [-0.39, 0.29) is 0 Å². The van der Waals surface area contributed by atoms with E-state index in [0.717, 1.165) is 12.1 Å². The van der Waals surface area contributed by atoms with Crippen LogP contribution in [0.3, 0.4) is 0 Å². The number of nitrogens with one attached hydrogen (secondary N) is 1. The SMILES string of the molecule is Cc1ncsc1CCOc1nc(NN)c(Cl)cc1Cl. The first kappa shape index (κ1) is 14.3. The summed E-state index contributed by atoms with van der Waals surface area (Å²) in [5, 5.41) is 0.697. The lowest BCUT2D eigenvalue weighted by Crippen LogP contribution is -2.10. The average molecular weight is 319 g/mol. The van der Waals surface area contributed by atoms with Gasteiger partial charge >= 0.3 is 0 Å². The zero-order chi connectivity index (χ0) is 13.8. The van der Waals surface area contributed by atoms with E-state index < -0.39 is 0 Å². The molecule has 2 rings (SSSR count). The number of nitrogens with two attached hydrogens (primary N) is 1. The smallest absolute Gasteiger partial charge is 0.234 e. The van der Waals surface area contributed by atoms with Crippen LogP contribution in [-0.4, -0.2) is 16.6 Å². The number of nitrogen functional groups attached to an aromatic ring is 1. The third-order valence-electron chi connectivity index (χ3n) is 2.45. The van der Waals surface area contributed by atoms with Crippen LogP contribution in [0.5, 0.6) is 5.88 Å². The molecular formula is C11H12Cl2N4OS. The summed E-state index contributed by atoms with van der Waals surface area (Å²) in [6.07, 6.45) is 0.753. The second-order valence-electron chi connectivity index (χ2n) is 3.71. The van der Waals surface area contributed by atoms with Crippen molar-refractivity contribution >= 4 is 40.4 Å². The van der Waals surface area contributed by atoms with Gasteiger partial charge in [0.1, 0.15) is 5.02 Å². The molecule has 3 N–H and O–H groups in total. The van der Waals surface area contributed by atoms with Gasteiger partial charge in [0.05, 0.1) is 22.8 Å². The summed E-state index contributed by atoms with van der Waals surface area (Å²) >= 11 is 13.5. The maximum Gasteiger partial charge on any atom is 0.234 e. The van der Waals surface area contributed by atoms with Crippen LogP contribution in [0.15, 0.2) is 11.6 Å². The van der Waals surface area contributed by atoms with E-state index in [9.17, 15) is 0 Å². The van der Waals surface area contributed by atoms with Crippen LogP contribution in [0.1, 0.15) is 10.6 Å². The summed E-state index contributed by atoms with van der Waals surface area (Å²) in [6.45, 7) is 2.43. The van der Waals surface area contributed by atoms with E-state index in [1.807, 2.05) is 12.4 Å². The predicted octanol–water partition coefficient (Wildman–Crippen LogP) is 3.06. The van der Waals surface area contributed by atoms with Crippen molar-refractivity contribution in [3.8, 4) is 5.88 Å². The summed E-state index contributed by atoms with van der Waals surface area (Å²) in [5.74, 6) is 5.93. The Hall–Kier alpha value is -1.08. The summed E-state index contributed by atoms with van der Waals surface area (Å²) in [4.78, 5) is 9.46. The van der Waals surface area contributed by atoms with Crippen molar-refractivity contribution in [2.75, 3.05) is 12.0 Å². The number of ether oxygens (including phenoxy) is 1. The Labute approximate surface area is 124 Å². The van der Waals surface area contributed by atoms with Crippen molar-refractivity contribution in [1.29, 1.82) is 0 Å². The lowest BCUT2D eigenvalue weighted by molar-refractivity contribution is 0.311. The van der Waals surface area contributed by atoms with Gasteiger partial charge in [-0.3, -0.25) is 0 Å². The van der Waals surface area contributed by atoms with Gasteiger partial charge in [-0.2, -0.15) is 4.98 Å². The molecule has 0 spiro atoms. The average Bonchev–Trinajstić information content (AvgIpc) is 2.78. The molecule has 102 valence electrons. The lowest BCUT2D eigenvalue weighted by Gasteiger charge is -2.09. The van der Waals surface area contributed by atoms with Gasteiger partial charge < -0.3 is 10.2 Å². The van der Waals surface area contributed by atoms with Crippen molar-refractivity contribution in [1.82, 2.24) is 9.97 Å². The molecule has 0 aliphatic rings. The molecule has 0 fully saturated rings. The zero-order valence-electron chi connectivity index (χ0n) is 10.1. The maximum atomic E-state index is 6.00. The topological polar surface area (TPSA) is 73.1 Å². The van der Waals surface area contributed by atoms with E-state index in [1.54, 1.807) is 17.4 Å². The minimum absolute atomic E-state index is 0.307. The molecule has 0 unspecified atom stereocenters. The molecule has 2 aromatic heterocycles. The molecule has 2 aromatic rings. The fraction of sp³-hybridized carbons (Fsp3) is 0.273. The number of hydrogen-bond donors (Lipinski definition) is 2. The molecule has 0 aromatic carbocycles. The molecule has 8 heteroatoms. The number of nitrogens with zero attached hydrogens (tertiary/aromatic N) is 2. The lowest BCUT2D eigenvalue weighted by atomic mass is 10.3. The third-order valence-corrected chi connectivity index (χ3v) is 4.00. The van der Waals surface area contributed by atoms with Crippen LogP contribution in [0.25, 0.3) is 0 Å². The Morgan fingerprint density at radius 3 is 2.84 bits per heavy atom. The third kappa shape index (κ3) is 3.48. The second-order valence-corrected chi connectivity index (χ2v) is 5.46. The quantitative estimate of drug-likeness (QED) is 0.654. The minimum Gasteiger partial charge on any atom is -0.476 e. The van der Waals surface area contributed by atoms with Crippen LogP contribution in [0.4, 0.5) is 5.82 Å². The Morgan fingerprint density at radius 1 is 1.42 bits per heavy atom. The van der Waals surface area contributed by atoms with E-state index in [1.165, 1.54) is 4.88 Å². The molecule has 0 bridgehead atoms. The highest BCUT2D eigenvalue weighted by atomic mass is 35.5. The van der Waals surface area contributed by atoms with Crippen molar-refractivity contribution in [3.05, 3.63) is 32.2 Å². The summed E-state index contributed by atoms with van der Waals surface area (Å²) in [6, 6.07) is 1.54. The van der Waals surface area contributed by atoms with Crippen molar-refractivity contribution in [2.45, 2.75) is 13.3 Å². The van der Waals surface area contributed by atoms with Gasteiger partial charge in [-0.25, -0.2) is 10.8 Å². The fourth-order valence-corrected chi connectivity index (χ4v) is 2.69. The molecule has 0 aliphatic carbocycles. The number of aromatic nitrogens is 2. The number of rotatable bonds is 5. The molecule has 0 amide bonds. The first-order chi connectivity index (χ1) is 9.11. The Balaban J connectivity index is 2.01. The molecule has 5 nitrogen and oxygen atoms in total. The van der Waals surface area contributed by atoms with Crippen LogP contribution < -0.4 is 16.0 Å². The van der Waals surface area contributed by atoms with Crippen LogP contribution in [0, 0.1) is 6.92 Å². The molecule has 0 saturated carbocycles. The van der Waals surface area contributed by atoms with Crippen LogP contribution in [0.2, 0.25) is 10.0 Å². The highest BCUT2D eigenvalue weighted by Crippen LogP contribution is 2.30. The maximum absolute atomic E-state index is 6.00. The van der Waals surface area contributed by atoms with Gasteiger partial charge in [-0.05, 0) is 13.0 Å². The second kappa shape index (κ2) is 6.38. The van der Waals surface area contributed by atoms with E-state index in [0.29, 0.717) is 28.3 Å². The monoisotopic (exact) mass is 318 g/mol. The number of anilines is 1. The molecule has 0 saturated heterocycles. The Morgan fingerprint density at radius 2 is 2.21 bits per heavy atom. The van der Waals surface area contributed by atoms with Crippen molar-refractivity contribution < 1.29 is 4.74 Å². The predicted molar refractivity (Wildman–Crippen MR) is 78.1 cm³/mol. The summed E-state index contributed by atoms with van der Waals surface area (Å²) in [5.41, 5.74) is 5.22. The van der Waals surface area contributed by atoms with Gasteiger partial charge in [0, 0.05) is 11.3 Å². The van der Waals surface area contributed by atoms with E-state index >= 15 is 0 Å². The van der Waals surface area contributed by atoms with Crippen LogP contribution >= 0.6 is 34.5 Å². The van der Waals surface area contributed by atoms with E-state index in [4.69, 9.17) is 33.8 Å². The van der Waals surface area contributed by atoms with Gasteiger partial charge in [-0.1, -0.05) is 23.2 Å². The Kier molecular flexibility index (Phi) is 4.81. The number of thiazole rings is 1. The van der Waals surface area contributed by atoms with Crippen LogP contribution in [-0.2, 0) is 6.42 Å². The van der Waals surface area contributed by atoms with Crippen molar-refractivity contribution in [3.63, 3.8) is 0 Å². The molecule has 0 radical (unpaired) electrons. The first-order valence-corrected chi connectivity index (χ1v) is 7.09. The number of aryl methyl sites for hydroxylation is 1. The first-order valence-electron chi connectivity index (χ1n) is 5.46. The minimum atomic E-state index is 0.307. The Bertz CT molecular complexity index is 576. The highest BCUT2D eigenvalue weighted by Gasteiger charge is 2.10. The fourth-order valence-electron chi connectivity index (χ4n) is 1.46. The summed E-state index contributed by atoms with van der Waals surface area (Å²) < 4.78 is 5.54. The largest absolute Gasteiger partial charge is 0.476 e. The zero-order valence-corrected chi connectivity index (χ0v) is 12.4. The van der Waals surface area contributed by atoms with Gasteiger partial charge in [0.2, 0.25) is 5.88 Å².